The second-order valence-electron chi connectivity index (χ2n) is 8.06. The van der Waals surface area contributed by atoms with E-state index in [9.17, 15) is 22.0 Å². The second-order valence-corrected chi connectivity index (χ2v) is 9.84. The lowest BCUT2D eigenvalue weighted by molar-refractivity contribution is -0.118. The van der Waals surface area contributed by atoms with Crippen LogP contribution in [0.1, 0.15) is 43.4 Å². The van der Waals surface area contributed by atoms with Crippen LogP contribution in [0.2, 0.25) is 0 Å². The van der Waals surface area contributed by atoms with Gasteiger partial charge in [0.25, 0.3) is 0 Å². The first kappa shape index (κ1) is 21.1. The molecule has 1 saturated heterocycles. The first-order chi connectivity index (χ1) is 14.3. The van der Waals surface area contributed by atoms with Crippen molar-refractivity contribution >= 4 is 15.8 Å². The number of carbonyl (C=O) groups excluding carboxylic acids is 1. The second kappa shape index (κ2) is 8.17. The summed E-state index contributed by atoms with van der Waals surface area (Å²) in [6.45, 7) is 3.51. The summed E-state index contributed by atoms with van der Waals surface area (Å²) in [6, 6.07) is 10.4. The normalized spacial score (nSPS) is 22.2. The summed E-state index contributed by atoms with van der Waals surface area (Å²) in [5.74, 6) is -2.16. The first-order valence-electron chi connectivity index (χ1n) is 10.1. The first-order valence-corrected chi connectivity index (χ1v) is 11.5. The Morgan fingerprint density at radius 1 is 1.10 bits per heavy atom. The molecule has 0 radical (unpaired) electrons. The number of hydrogen-bond donors (Lipinski definition) is 0. The number of benzene rings is 2. The van der Waals surface area contributed by atoms with Gasteiger partial charge in [0.05, 0.1) is 6.04 Å². The fourth-order valence-electron chi connectivity index (χ4n) is 4.61. The molecule has 1 fully saturated rings. The highest BCUT2D eigenvalue weighted by atomic mass is 32.2. The fourth-order valence-corrected chi connectivity index (χ4v) is 6.74. The van der Waals surface area contributed by atoms with E-state index in [1.54, 1.807) is 0 Å². The van der Waals surface area contributed by atoms with E-state index >= 15 is 0 Å². The summed E-state index contributed by atoms with van der Waals surface area (Å²) >= 11 is 0. The number of nitrogens with zero attached hydrogens (tertiary/aromatic N) is 2. The van der Waals surface area contributed by atoms with Gasteiger partial charge >= 0.3 is 0 Å². The third kappa shape index (κ3) is 3.91. The van der Waals surface area contributed by atoms with Crippen molar-refractivity contribution in [2.24, 2.45) is 0 Å². The minimum absolute atomic E-state index is 0.0504. The molecule has 2 aliphatic heterocycles. The van der Waals surface area contributed by atoms with Crippen LogP contribution in [0.15, 0.2) is 47.4 Å². The van der Waals surface area contributed by atoms with Crippen molar-refractivity contribution in [3.05, 3.63) is 65.2 Å². The van der Waals surface area contributed by atoms with Crippen molar-refractivity contribution in [3.63, 3.8) is 0 Å². The van der Waals surface area contributed by atoms with Gasteiger partial charge in [-0.1, -0.05) is 30.3 Å². The van der Waals surface area contributed by atoms with Gasteiger partial charge in [-0.05, 0) is 37.0 Å². The number of Topliss-reactive ketones (excluding diaryl/α,β-unsaturated/α-hetero) is 1. The minimum atomic E-state index is -4.14. The Hall–Kier alpha value is -2.16. The molecule has 0 spiro atoms. The van der Waals surface area contributed by atoms with Gasteiger partial charge in [-0.25, -0.2) is 17.2 Å². The van der Waals surface area contributed by atoms with Gasteiger partial charge in [-0.3, -0.25) is 9.69 Å². The summed E-state index contributed by atoms with van der Waals surface area (Å²) in [5.41, 5.74) is 1.23. The van der Waals surface area contributed by atoms with E-state index in [2.05, 4.69) is 4.90 Å². The molecule has 5 nitrogen and oxygen atoms in total. The zero-order valence-electron chi connectivity index (χ0n) is 16.7. The Morgan fingerprint density at radius 3 is 2.40 bits per heavy atom. The lowest BCUT2D eigenvalue weighted by Crippen LogP contribution is -2.46. The van der Waals surface area contributed by atoms with E-state index in [1.165, 1.54) is 16.8 Å². The number of ketones is 1. The van der Waals surface area contributed by atoms with Crippen LogP contribution >= 0.6 is 0 Å². The molecule has 4 rings (SSSR count). The van der Waals surface area contributed by atoms with Crippen LogP contribution < -0.4 is 0 Å². The van der Waals surface area contributed by atoms with Crippen molar-refractivity contribution < 1.29 is 22.0 Å². The molecule has 2 aromatic carbocycles. The number of piperidine rings is 1. The van der Waals surface area contributed by atoms with Crippen LogP contribution in [0.3, 0.4) is 0 Å². The van der Waals surface area contributed by atoms with Crippen LogP contribution in [0.5, 0.6) is 0 Å². The minimum Gasteiger partial charge on any atom is -0.300 e. The molecular weight excluding hydrogens is 410 g/mol. The van der Waals surface area contributed by atoms with Crippen molar-refractivity contribution in [1.82, 2.24) is 9.21 Å². The van der Waals surface area contributed by atoms with Gasteiger partial charge in [0.2, 0.25) is 10.0 Å². The van der Waals surface area contributed by atoms with Gasteiger partial charge in [-0.2, -0.15) is 4.31 Å². The molecule has 0 saturated carbocycles. The SMILES string of the molecule is CC(=O)C[C@H]1c2cc(F)cc(F)c2S(=O)(=O)N1C1CCN(Cc2ccccc2)CC1. The number of likely N-dealkylation sites (tertiary alicyclic amines) is 1. The van der Waals surface area contributed by atoms with E-state index < -0.39 is 32.6 Å². The molecule has 0 aliphatic carbocycles. The van der Waals surface area contributed by atoms with Crippen molar-refractivity contribution in [2.45, 2.75) is 49.7 Å². The molecular formula is C22H24F2N2O3S. The Labute approximate surface area is 175 Å². The maximum absolute atomic E-state index is 14.5. The third-order valence-corrected chi connectivity index (χ3v) is 7.94. The molecule has 2 aromatic rings. The van der Waals surface area contributed by atoms with Crippen molar-refractivity contribution in [3.8, 4) is 0 Å². The molecule has 0 aromatic heterocycles. The summed E-state index contributed by atoms with van der Waals surface area (Å²) in [5, 5.41) is 0. The van der Waals surface area contributed by atoms with Crippen molar-refractivity contribution in [2.75, 3.05) is 13.1 Å². The largest absolute Gasteiger partial charge is 0.300 e. The fraction of sp³-hybridized carbons (Fsp3) is 0.409. The summed E-state index contributed by atoms with van der Waals surface area (Å²) in [7, 11) is -4.14. The standard InChI is InChI=1S/C22H24F2N2O3S/c1-15(27)11-21-19-12-17(23)13-20(24)22(19)30(28,29)26(21)18-7-9-25(10-8-18)14-16-5-3-2-4-6-16/h2-6,12-13,18,21H,7-11,14H2,1H3/t21-/m0/s1. The zero-order chi connectivity index (χ0) is 21.5. The van der Waals surface area contributed by atoms with Gasteiger partial charge in [0, 0.05) is 38.2 Å². The summed E-state index contributed by atoms with van der Waals surface area (Å²) in [4.78, 5) is 13.6. The molecule has 2 aliphatic rings. The Kier molecular flexibility index (Phi) is 5.74. The molecule has 8 heteroatoms. The van der Waals surface area contributed by atoms with Crippen LogP contribution in [0.4, 0.5) is 8.78 Å². The number of sulfonamides is 1. The number of hydrogen-bond acceptors (Lipinski definition) is 4. The quantitative estimate of drug-likeness (QED) is 0.721. The summed E-state index contributed by atoms with van der Waals surface area (Å²) < 4.78 is 56.0. The molecule has 0 unspecified atom stereocenters. The Balaban J connectivity index is 1.58. The van der Waals surface area contributed by atoms with E-state index in [4.69, 9.17) is 0 Å². The Bertz CT molecular complexity index is 1050. The predicted molar refractivity (Wildman–Crippen MR) is 108 cm³/mol. The molecule has 160 valence electrons. The maximum Gasteiger partial charge on any atom is 0.247 e. The van der Waals surface area contributed by atoms with Crippen molar-refractivity contribution in [1.29, 1.82) is 0 Å². The van der Waals surface area contributed by atoms with E-state index in [1.807, 2.05) is 30.3 Å². The average Bonchev–Trinajstić information content (AvgIpc) is 2.89. The van der Waals surface area contributed by atoms with E-state index in [-0.39, 0.29) is 23.8 Å². The molecule has 0 bridgehead atoms. The Morgan fingerprint density at radius 2 is 1.77 bits per heavy atom. The molecule has 1 atom stereocenters. The lowest BCUT2D eigenvalue weighted by atomic mass is 9.97. The van der Waals surface area contributed by atoms with E-state index in [0.29, 0.717) is 32.0 Å². The van der Waals surface area contributed by atoms with Crippen LogP contribution in [0, 0.1) is 11.6 Å². The van der Waals surface area contributed by atoms with Gasteiger partial charge in [0.15, 0.2) is 0 Å². The highest BCUT2D eigenvalue weighted by molar-refractivity contribution is 7.89. The zero-order valence-corrected chi connectivity index (χ0v) is 17.5. The molecule has 0 amide bonds. The number of carbonyl (C=O) groups is 1. The topological polar surface area (TPSA) is 57.7 Å². The van der Waals surface area contributed by atoms with Gasteiger partial charge in [0.1, 0.15) is 22.3 Å². The number of fused-ring (bicyclic) bond motifs is 1. The monoisotopic (exact) mass is 434 g/mol. The van der Waals surface area contributed by atoms with Gasteiger partial charge in [-0.15, -0.1) is 0 Å². The average molecular weight is 435 g/mol. The number of rotatable bonds is 5. The third-order valence-electron chi connectivity index (χ3n) is 5.89. The smallest absolute Gasteiger partial charge is 0.247 e. The molecule has 2 heterocycles. The maximum atomic E-state index is 14.5. The molecule has 0 N–H and O–H groups in total. The number of halogens is 2. The van der Waals surface area contributed by atoms with Crippen LogP contribution in [-0.4, -0.2) is 42.5 Å². The highest BCUT2D eigenvalue weighted by Gasteiger charge is 2.49. The van der Waals surface area contributed by atoms with Crippen LogP contribution in [-0.2, 0) is 21.4 Å². The van der Waals surface area contributed by atoms with Crippen LogP contribution in [0.25, 0.3) is 0 Å². The predicted octanol–water partition coefficient (Wildman–Crippen LogP) is 3.65. The van der Waals surface area contributed by atoms with Gasteiger partial charge < -0.3 is 0 Å². The lowest BCUT2D eigenvalue weighted by Gasteiger charge is -2.38. The molecule has 30 heavy (non-hydrogen) atoms. The summed E-state index contributed by atoms with van der Waals surface area (Å²) in [6.07, 6.45) is 1.04. The highest BCUT2D eigenvalue weighted by Crippen LogP contribution is 2.46. The van der Waals surface area contributed by atoms with E-state index in [0.717, 1.165) is 12.6 Å².